The molecule has 0 saturated carbocycles. The van der Waals surface area contributed by atoms with Gasteiger partial charge in [-0.3, -0.25) is 20.4 Å². The van der Waals surface area contributed by atoms with Crippen LogP contribution < -0.4 is 10.9 Å². The smallest absolute Gasteiger partial charge is 0.267 e. The van der Waals surface area contributed by atoms with Crippen molar-refractivity contribution in [1.82, 2.24) is 25.1 Å². The summed E-state index contributed by atoms with van der Waals surface area (Å²) >= 11 is 0. The molecule has 1 aromatic heterocycles. The van der Waals surface area contributed by atoms with Crippen LogP contribution in [0.3, 0.4) is 0 Å². The van der Waals surface area contributed by atoms with Crippen molar-refractivity contribution in [2.75, 3.05) is 14.1 Å². The Balaban J connectivity index is 1.66. The Bertz CT molecular complexity index is 1160. The summed E-state index contributed by atoms with van der Waals surface area (Å²) in [6.07, 6.45) is 2.70. The summed E-state index contributed by atoms with van der Waals surface area (Å²) in [5.74, 6) is -0.809. The van der Waals surface area contributed by atoms with E-state index in [1.54, 1.807) is 0 Å². The maximum absolute atomic E-state index is 12.3. The predicted molar refractivity (Wildman–Crippen MR) is 110 cm³/mol. The van der Waals surface area contributed by atoms with E-state index in [1.807, 2.05) is 30.3 Å². The normalized spacial score (nSPS) is 11.2. The summed E-state index contributed by atoms with van der Waals surface area (Å²) in [5, 5.41) is 0. The van der Waals surface area contributed by atoms with Gasteiger partial charge in [-0.05, 0) is 18.2 Å². The number of carbonyl (C=O) groups is 2. The van der Waals surface area contributed by atoms with Crippen molar-refractivity contribution in [2.24, 2.45) is 0 Å². The zero-order chi connectivity index (χ0) is 21.7. The van der Waals surface area contributed by atoms with Gasteiger partial charge >= 0.3 is 0 Å². The SMILES string of the molecule is CN(C)S(=O)(=O)c1cccc(C(=O)NNC(=O)c2cnc(-c3ccccc3)nc2)c1. The van der Waals surface area contributed by atoms with E-state index in [0.29, 0.717) is 5.82 Å². The number of amides is 2. The van der Waals surface area contributed by atoms with Crippen molar-refractivity contribution in [1.29, 1.82) is 0 Å². The number of aromatic nitrogens is 2. The highest BCUT2D eigenvalue weighted by Crippen LogP contribution is 2.15. The van der Waals surface area contributed by atoms with E-state index in [4.69, 9.17) is 0 Å². The van der Waals surface area contributed by atoms with Crippen molar-refractivity contribution >= 4 is 21.8 Å². The number of hydrogen-bond donors (Lipinski definition) is 2. The highest BCUT2D eigenvalue weighted by Gasteiger charge is 2.19. The molecule has 154 valence electrons. The molecule has 30 heavy (non-hydrogen) atoms. The Morgan fingerprint density at radius 2 is 1.43 bits per heavy atom. The number of hydrogen-bond acceptors (Lipinski definition) is 6. The van der Waals surface area contributed by atoms with Crippen LogP contribution in [0.5, 0.6) is 0 Å². The van der Waals surface area contributed by atoms with Gasteiger partial charge in [0, 0.05) is 37.6 Å². The van der Waals surface area contributed by atoms with E-state index in [2.05, 4.69) is 20.8 Å². The molecule has 2 aromatic carbocycles. The van der Waals surface area contributed by atoms with Crippen LogP contribution in [0.2, 0.25) is 0 Å². The summed E-state index contributed by atoms with van der Waals surface area (Å²) in [5.41, 5.74) is 5.55. The van der Waals surface area contributed by atoms with Crippen LogP contribution in [0.1, 0.15) is 20.7 Å². The van der Waals surface area contributed by atoms with Gasteiger partial charge in [0.25, 0.3) is 11.8 Å². The van der Waals surface area contributed by atoms with Gasteiger partial charge in [0.15, 0.2) is 5.82 Å². The van der Waals surface area contributed by atoms with E-state index < -0.39 is 21.8 Å². The predicted octanol–water partition coefficient (Wildman–Crippen LogP) is 1.47. The molecule has 0 bridgehead atoms. The summed E-state index contributed by atoms with van der Waals surface area (Å²) < 4.78 is 25.4. The van der Waals surface area contributed by atoms with Gasteiger partial charge in [-0.25, -0.2) is 22.7 Å². The fourth-order valence-electron chi connectivity index (χ4n) is 2.45. The quantitative estimate of drug-likeness (QED) is 0.597. The third kappa shape index (κ3) is 4.67. The Kier molecular flexibility index (Phi) is 6.19. The first kappa shape index (κ1) is 21.1. The largest absolute Gasteiger partial charge is 0.272 e. The average Bonchev–Trinajstić information content (AvgIpc) is 2.78. The van der Waals surface area contributed by atoms with Gasteiger partial charge < -0.3 is 0 Å². The maximum Gasteiger partial charge on any atom is 0.272 e. The van der Waals surface area contributed by atoms with E-state index >= 15 is 0 Å². The Hall–Kier alpha value is -3.63. The molecule has 0 aliphatic rings. The minimum atomic E-state index is -3.68. The Morgan fingerprint density at radius 3 is 2.03 bits per heavy atom. The zero-order valence-corrected chi connectivity index (χ0v) is 17.1. The second kappa shape index (κ2) is 8.80. The van der Waals surface area contributed by atoms with Crippen molar-refractivity contribution in [3.05, 3.63) is 78.1 Å². The third-order valence-corrected chi connectivity index (χ3v) is 5.92. The minimum Gasteiger partial charge on any atom is -0.267 e. The Morgan fingerprint density at radius 1 is 0.833 bits per heavy atom. The third-order valence-electron chi connectivity index (χ3n) is 4.11. The number of benzene rings is 2. The van der Waals surface area contributed by atoms with Crippen molar-refractivity contribution in [2.45, 2.75) is 4.90 Å². The molecule has 0 saturated heterocycles. The summed E-state index contributed by atoms with van der Waals surface area (Å²) in [4.78, 5) is 32.8. The first-order valence-electron chi connectivity index (χ1n) is 8.80. The van der Waals surface area contributed by atoms with E-state index in [9.17, 15) is 18.0 Å². The van der Waals surface area contributed by atoms with E-state index in [0.717, 1.165) is 9.87 Å². The molecule has 0 unspecified atom stereocenters. The number of hydrazine groups is 1. The number of nitrogens with one attached hydrogen (secondary N) is 2. The molecule has 2 N–H and O–H groups in total. The number of carbonyl (C=O) groups excluding carboxylic acids is 2. The van der Waals surface area contributed by atoms with Crippen LogP contribution in [-0.4, -0.2) is 48.6 Å². The second-order valence-corrected chi connectivity index (χ2v) is 8.54. The standard InChI is InChI=1S/C20H19N5O4S/c1-25(2)30(28,29)17-10-6-9-15(11-17)19(26)23-24-20(27)16-12-21-18(22-13-16)14-7-4-3-5-8-14/h3-13H,1-2H3,(H,23,26)(H,24,27). The van der Waals surface area contributed by atoms with Crippen LogP contribution in [0.25, 0.3) is 11.4 Å². The van der Waals surface area contributed by atoms with Gasteiger partial charge in [-0.1, -0.05) is 36.4 Å². The van der Waals surface area contributed by atoms with E-state index in [-0.39, 0.29) is 16.0 Å². The fraction of sp³-hybridized carbons (Fsp3) is 0.100. The molecule has 10 heteroatoms. The summed E-state index contributed by atoms with van der Waals surface area (Å²) in [6, 6.07) is 14.8. The number of rotatable bonds is 5. The molecule has 0 fully saturated rings. The lowest BCUT2D eigenvalue weighted by Crippen LogP contribution is -2.41. The van der Waals surface area contributed by atoms with Crippen LogP contribution in [0, 0.1) is 0 Å². The highest BCUT2D eigenvalue weighted by atomic mass is 32.2. The highest BCUT2D eigenvalue weighted by molar-refractivity contribution is 7.89. The number of nitrogens with zero attached hydrogens (tertiary/aromatic N) is 3. The lowest BCUT2D eigenvalue weighted by Gasteiger charge is -2.12. The first-order chi connectivity index (χ1) is 14.3. The van der Waals surface area contributed by atoms with E-state index in [1.165, 1.54) is 50.8 Å². The molecule has 3 aromatic rings. The number of sulfonamides is 1. The molecule has 9 nitrogen and oxygen atoms in total. The molecule has 1 heterocycles. The molecular weight excluding hydrogens is 406 g/mol. The van der Waals surface area contributed by atoms with Crippen molar-refractivity contribution in [3.63, 3.8) is 0 Å². The molecule has 0 aliphatic carbocycles. The minimum absolute atomic E-state index is 0.0311. The zero-order valence-electron chi connectivity index (χ0n) is 16.2. The lowest BCUT2D eigenvalue weighted by molar-refractivity contribution is 0.0846. The van der Waals surface area contributed by atoms with Crippen LogP contribution in [-0.2, 0) is 10.0 Å². The first-order valence-corrected chi connectivity index (χ1v) is 10.2. The Labute approximate surface area is 173 Å². The summed E-state index contributed by atoms with van der Waals surface area (Å²) in [6.45, 7) is 0. The second-order valence-electron chi connectivity index (χ2n) is 6.38. The van der Waals surface area contributed by atoms with Gasteiger partial charge in [0.2, 0.25) is 10.0 Å². The lowest BCUT2D eigenvalue weighted by atomic mass is 10.2. The summed E-state index contributed by atoms with van der Waals surface area (Å²) in [7, 11) is -0.892. The molecule has 3 rings (SSSR count). The van der Waals surface area contributed by atoms with Crippen molar-refractivity contribution < 1.29 is 18.0 Å². The van der Waals surface area contributed by atoms with Gasteiger partial charge in [0.05, 0.1) is 10.5 Å². The molecule has 0 atom stereocenters. The van der Waals surface area contributed by atoms with Gasteiger partial charge in [0.1, 0.15) is 0 Å². The molecule has 0 radical (unpaired) electrons. The van der Waals surface area contributed by atoms with Gasteiger partial charge in [-0.15, -0.1) is 0 Å². The topological polar surface area (TPSA) is 121 Å². The van der Waals surface area contributed by atoms with Crippen LogP contribution in [0.4, 0.5) is 0 Å². The van der Waals surface area contributed by atoms with Gasteiger partial charge in [-0.2, -0.15) is 0 Å². The average molecular weight is 425 g/mol. The maximum atomic E-state index is 12.3. The molecule has 0 spiro atoms. The fourth-order valence-corrected chi connectivity index (χ4v) is 3.40. The van der Waals surface area contributed by atoms with Crippen LogP contribution in [0.15, 0.2) is 71.9 Å². The van der Waals surface area contributed by atoms with Crippen molar-refractivity contribution in [3.8, 4) is 11.4 Å². The van der Waals surface area contributed by atoms with Crippen LogP contribution >= 0.6 is 0 Å². The molecule has 0 aliphatic heterocycles. The molecule has 2 amide bonds. The molecular formula is C20H19N5O4S. The monoisotopic (exact) mass is 425 g/mol.